The van der Waals surface area contributed by atoms with Crippen molar-refractivity contribution in [1.29, 1.82) is 0 Å². The number of guanidine groups is 1. The molecule has 1 aliphatic heterocycles. The summed E-state index contributed by atoms with van der Waals surface area (Å²) < 4.78 is 0.691. The van der Waals surface area contributed by atoms with Crippen LogP contribution in [0.1, 0.15) is 22.1 Å². The van der Waals surface area contributed by atoms with E-state index in [0.717, 1.165) is 30.3 Å². The average Bonchev–Trinajstić information content (AvgIpc) is 3.01. The Kier molecular flexibility index (Phi) is 7.34. The Morgan fingerprint density at radius 3 is 2.75 bits per heavy atom. The summed E-state index contributed by atoms with van der Waals surface area (Å²) in [6.45, 7) is 2.19. The molecule has 0 aliphatic carbocycles. The predicted molar refractivity (Wildman–Crippen MR) is 112 cm³/mol. The highest BCUT2D eigenvalue weighted by molar-refractivity contribution is 14.0. The van der Waals surface area contributed by atoms with E-state index in [1.807, 2.05) is 6.07 Å². The molecule has 0 saturated carbocycles. The van der Waals surface area contributed by atoms with Crippen LogP contribution in [0.3, 0.4) is 0 Å². The molecule has 2 heterocycles. The van der Waals surface area contributed by atoms with E-state index in [4.69, 9.17) is 11.6 Å². The monoisotopic (exact) mass is 477 g/mol. The van der Waals surface area contributed by atoms with Gasteiger partial charge in [0.1, 0.15) is 6.10 Å². The molecule has 2 N–H and O–H groups in total. The molecule has 0 saturated heterocycles. The van der Waals surface area contributed by atoms with Crippen molar-refractivity contribution in [2.24, 2.45) is 4.99 Å². The number of aliphatic imine (C=N–C) groups is 1. The maximum Gasteiger partial charge on any atom is 0.194 e. The number of aliphatic hydroxyl groups is 1. The van der Waals surface area contributed by atoms with Gasteiger partial charge in [-0.25, -0.2) is 0 Å². The minimum absolute atomic E-state index is 0. The summed E-state index contributed by atoms with van der Waals surface area (Å²) in [7, 11) is 1.78. The van der Waals surface area contributed by atoms with Gasteiger partial charge in [-0.3, -0.25) is 4.99 Å². The summed E-state index contributed by atoms with van der Waals surface area (Å²) in [4.78, 5) is 7.43. The molecule has 2 aromatic rings. The Bertz CT molecular complexity index is 707. The van der Waals surface area contributed by atoms with E-state index in [9.17, 15) is 5.11 Å². The number of halogens is 2. The molecule has 4 nitrogen and oxygen atoms in total. The van der Waals surface area contributed by atoms with Gasteiger partial charge in [0.05, 0.1) is 4.34 Å². The SMILES string of the molecule is CN=C(NCC(O)c1ccc(Cl)s1)N1CCc2ccccc2C1.I. The first-order valence-electron chi connectivity index (χ1n) is 7.63. The zero-order valence-corrected chi connectivity index (χ0v) is 17.3. The first kappa shape index (κ1) is 19.5. The van der Waals surface area contributed by atoms with Gasteiger partial charge in [-0.2, -0.15) is 0 Å². The van der Waals surface area contributed by atoms with Crippen LogP contribution in [0.15, 0.2) is 41.4 Å². The lowest BCUT2D eigenvalue weighted by Gasteiger charge is -2.32. The van der Waals surface area contributed by atoms with Crippen LogP contribution in [0.4, 0.5) is 0 Å². The van der Waals surface area contributed by atoms with Gasteiger partial charge in [0.25, 0.3) is 0 Å². The Hall–Kier alpha value is -0.830. The first-order valence-corrected chi connectivity index (χ1v) is 8.82. The number of hydrogen-bond acceptors (Lipinski definition) is 3. The molecule has 24 heavy (non-hydrogen) atoms. The molecular weight excluding hydrogens is 457 g/mol. The largest absolute Gasteiger partial charge is 0.386 e. The maximum atomic E-state index is 10.3. The topological polar surface area (TPSA) is 47.9 Å². The Balaban J connectivity index is 0.00000208. The Morgan fingerprint density at radius 2 is 2.08 bits per heavy atom. The van der Waals surface area contributed by atoms with Crippen LogP contribution in [-0.4, -0.2) is 36.1 Å². The fourth-order valence-electron chi connectivity index (χ4n) is 2.80. The molecule has 3 rings (SSSR count). The number of fused-ring (bicyclic) bond motifs is 1. The van der Waals surface area contributed by atoms with Crippen molar-refractivity contribution in [2.75, 3.05) is 20.1 Å². The lowest BCUT2D eigenvalue weighted by Crippen LogP contribution is -2.45. The molecule has 1 aromatic carbocycles. The van der Waals surface area contributed by atoms with E-state index >= 15 is 0 Å². The van der Waals surface area contributed by atoms with E-state index < -0.39 is 6.10 Å². The molecule has 0 radical (unpaired) electrons. The van der Waals surface area contributed by atoms with Gasteiger partial charge in [0.2, 0.25) is 0 Å². The number of aliphatic hydroxyl groups excluding tert-OH is 1. The molecule has 1 unspecified atom stereocenters. The Morgan fingerprint density at radius 1 is 1.33 bits per heavy atom. The maximum absolute atomic E-state index is 10.3. The van der Waals surface area contributed by atoms with E-state index in [-0.39, 0.29) is 24.0 Å². The summed E-state index contributed by atoms with van der Waals surface area (Å²) in [5, 5.41) is 13.5. The van der Waals surface area contributed by atoms with Crippen LogP contribution in [0.2, 0.25) is 4.34 Å². The molecule has 1 aliphatic rings. The predicted octanol–water partition coefficient (Wildman–Crippen LogP) is 3.69. The fraction of sp³-hybridized carbons (Fsp3) is 0.353. The van der Waals surface area contributed by atoms with Crippen molar-refractivity contribution in [3.8, 4) is 0 Å². The molecule has 0 amide bonds. The summed E-state index contributed by atoms with van der Waals surface area (Å²) in [6, 6.07) is 12.2. The summed E-state index contributed by atoms with van der Waals surface area (Å²) in [5.74, 6) is 0.821. The van der Waals surface area contributed by atoms with Crippen LogP contribution >= 0.6 is 46.9 Å². The molecule has 0 bridgehead atoms. The summed E-state index contributed by atoms with van der Waals surface area (Å²) >= 11 is 7.32. The van der Waals surface area contributed by atoms with Crippen LogP contribution in [0.5, 0.6) is 0 Å². The van der Waals surface area contributed by atoms with Crippen LogP contribution in [0, 0.1) is 0 Å². The smallest absolute Gasteiger partial charge is 0.194 e. The zero-order chi connectivity index (χ0) is 16.2. The van der Waals surface area contributed by atoms with Gasteiger partial charge >= 0.3 is 0 Å². The molecule has 1 aromatic heterocycles. The van der Waals surface area contributed by atoms with Gasteiger partial charge in [-0.1, -0.05) is 35.9 Å². The Labute approximate surface area is 168 Å². The molecule has 0 fully saturated rings. The van der Waals surface area contributed by atoms with Crippen LogP contribution < -0.4 is 5.32 Å². The van der Waals surface area contributed by atoms with Gasteiger partial charge < -0.3 is 15.3 Å². The number of benzene rings is 1. The van der Waals surface area contributed by atoms with Crippen molar-refractivity contribution in [3.63, 3.8) is 0 Å². The van der Waals surface area contributed by atoms with Crippen LogP contribution in [-0.2, 0) is 13.0 Å². The molecule has 130 valence electrons. The number of thiophene rings is 1. The second-order valence-electron chi connectivity index (χ2n) is 5.53. The van der Waals surface area contributed by atoms with E-state index in [1.54, 1.807) is 13.1 Å². The fourth-order valence-corrected chi connectivity index (χ4v) is 3.85. The molecule has 7 heteroatoms. The van der Waals surface area contributed by atoms with Crippen molar-refractivity contribution in [2.45, 2.75) is 19.1 Å². The van der Waals surface area contributed by atoms with Crippen molar-refractivity contribution < 1.29 is 5.11 Å². The van der Waals surface area contributed by atoms with Crippen molar-refractivity contribution >= 4 is 52.9 Å². The minimum atomic E-state index is -0.582. The first-order chi connectivity index (χ1) is 11.2. The van der Waals surface area contributed by atoms with Crippen molar-refractivity contribution in [1.82, 2.24) is 10.2 Å². The number of rotatable bonds is 3. The highest BCUT2D eigenvalue weighted by Gasteiger charge is 2.19. The van der Waals surface area contributed by atoms with E-state index in [0.29, 0.717) is 10.9 Å². The van der Waals surface area contributed by atoms with Gasteiger partial charge in [0, 0.05) is 31.6 Å². The van der Waals surface area contributed by atoms with Gasteiger partial charge in [-0.05, 0) is 29.7 Å². The van der Waals surface area contributed by atoms with E-state index in [2.05, 4.69) is 39.5 Å². The number of hydrogen-bond donors (Lipinski definition) is 2. The summed E-state index contributed by atoms with van der Waals surface area (Å²) in [5.41, 5.74) is 2.75. The van der Waals surface area contributed by atoms with Gasteiger partial charge in [-0.15, -0.1) is 35.3 Å². The average molecular weight is 478 g/mol. The standard InChI is InChI=1S/C17H20ClN3OS.HI/c1-19-17(20-10-14(22)15-6-7-16(18)23-15)21-9-8-12-4-2-3-5-13(12)11-21;/h2-7,14,22H,8-11H2,1H3,(H,19,20);1H. The summed E-state index contributed by atoms with van der Waals surface area (Å²) in [6.07, 6.45) is 0.432. The molecular formula is C17H21ClIN3OS. The third-order valence-corrected chi connectivity index (χ3v) is 5.35. The zero-order valence-electron chi connectivity index (χ0n) is 13.4. The second kappa shape index (κ2) is 9.03. The van der Waals surface area contributed by atoms with E-state index in [1.165, 1.54) is 22.5 Å². The number of nitrogens with one attached hydrogen (secondary N) is 1. The lowest BCUT2D eigenvalue weighted by molar-refractivity contribution is 0.183. The highest BCUT2D eigenvalue weighted by atomic mass is 127. The lowest BCUT2D eigenvalue weighted by atomic mass is 10.0. The minimum Gasteiger partial charge on any atom is -0.386 e. The molecule has 1 atom stereocenters. The second-order valence-corrected chi connectivity index (χ2v) is 7.27. The normalized spacial score (nSPS) is 15.5. The van der Waals surface area contributed by atoms with Crippen molar-refractivity contribution in [3.05, 3.63) is 56.7 Å². The molecule has 0 spiro atoms. The third kappa shape index (κ3) is 4.62. The number of nitrogens with zero attached hydrogens (tertiary/aromatic N) is 2. The highest BCUT2D eigenvalue weighted by Crippen LogP contribution is 2.26. The van der Waals surface area contributed by atoms with Crippen LogP contribution in [0.25, 0.3) is 0 Å². The third-order valence-electron chi connectivity index (χ3n) is 4.02. The van der Waals surface area contributed by atoms with Gasteiger partial charge in [0.15, 0.2) is 5.96 Å². The quantitative estimate of drug-likeness (QED) is 0.403.